The standard InChI is InChI=1S/C16H22N4O4/c1-12(21)19-10-2-3-13(11-19)16(22)18-9-8-17-14-4-6-15(7-5-14)20(23)24/h4-7,13,17H,2-3,8-11H2,1H3,(H,18,22)/t13-/m1/s1. The van der Waals surface area contributed by atoms with Gasteiger partial charge in [0.25, 0.3) is 5.69 Å². The fourth-order valence-corrected chi connectivity index (χ4v) is 2.72. The van der Waals surface area contributed by atoms with Crippen molar-refractivity contribution < 1.29 is 14.5 Å². The second kappa shape index (κ2) is 8.28. The zero-order valence-electron chi connectivity index (χ0n) is 13.7. The van der Waals surface area contributed by atoms with E-state index in [-0.39, 0.29) is 23.4 Å². The molecule has 1 heterocycles. The molecule has 8 nitrogen and oxygen atoms in total. The van der Waals surface area contributed by atoms with Crippen molar-refractivity contribution in [1.29, 1.82) is 0 Å². The normalized spacial score (nSPS) is 17.2. The monoisotopic (exact) mass is 334 g/mol. The van der Waals surface area contributed by atoms with Gasteiger partial charge in [-0.25, -0.2) is 0 Å². The molecule has 1 aliphatic rings. The highest BCUT2D eigenvalue weighted by molar-refractivity contribution is 5.80. The largest absolute Gasteiger partial charge is 0.383 e. The molecular weight excluding hydrogens is 312 g/mol. The number of hydrogen-bond acceptors (Lipinski definition) is 5. The fraction of sp³-hybridized carbons (Fsp3) is 0.500. The van der Waals surface area contributed by atoms with Gasteiger partial charge in [-0.05, 0) is 25.0 Å². The van der Waals surface area contributed by atoms with E-state index in [1.807, 2.05) is 0 Å². The van der Waals surface area contributed by atoms with Crippen LogP contribution in [0, 0.1) is 16.0 Å². The van der Waals surface area contributed by atoms with Crippen molar-refractivity contribution in [2.75, 3.05) is 31.5 Å². The van der Waals surface area contributed by atoms with Gasteiger partial charge in [-0.15, -0.1) is 0 Å². The minimum Gasteiger partial charge on any atom is -0.383 e. The van der Waals surface area contributed by atoms with Crippen LogP contribution in [-0.2, 0) is 9.59 Å². The average Bonchev–Trinajstić information content (AvgIpc) is 2.59. The highest BCUT2D eigenvalue weighted by atomic mass is 16.6. The fourth-order valence-electron chi connectivity index (χ4n) is 2.72. The van der Waals surface area contributed by atoms with E-state index in [0.717, 1.165) is 25.1 Å². The number of nitro groups is 1. The van der Waals surface area contributed by atoms with E-state index in [2.05, 4.69) is 10.6 Å². The Hall–Kier alpha value is -2.64. The van der Waals surface area contributed by atoms with Crippen molar-refractivity contribution in [3.63, 3.8) is 0 Å². The number of non-ortho nitro benzene ring substituents is 1. The van der Waals surface area contributed by atoms with Gasteiger partial charge in [0, 0.05) is 50.9 Å². The molecular formula is C16H22N4O4. The molecule has 1 aliphatic heterocycles. The first-order valence-corrected chi connectivity index (χ1v) is 7.99. The van der Waals surface area contributed by atoms with E-state index in [1.165, 1.54) is 19.1 Å². The van der Waals surface area contributed by atoms with E-state index in [1.54, 1.807) is 17.0 Å². The Morgan fingerprint density at radius 2 is 2.00 bits per heavy atom. The molecule has 1 aromatic rings. The topological polar surface area (TPSA) is 105 Å². The Morgan fingerprint density at radius 1 is 1.29 bits per heavy atom. The average molecular weight is 334 g/mol. The number of carbonyl (C=O) groups is 2. The third-order valence-corrected chi connectivity index (χ3v) is 4.07. The van der Waals surface area contributed by atoms with Crippen LogP contribution in [0.2, 0.25) is 0 Å². The predicted octanol–water partition coefficient (Wildman–Crippen LogP) is 1.38. The molecule has 0 unspecified atom stereocenters. The van der Waals surface area contributed by atoms with Gasteiger partial charge >= 0.3 is 0 Å². The summed E-state index contributed by atoms with van der Waals surface area (Å²) >= 11 is 0. The lowest BCUT2D eigenvalue weighted by Crippen LogP contribution is -2.45. The molecule has 2 N–H and O–H groups in total. The number of piperidine rings is 1. The first-order chi connectivity index (χ1) is 11.5. The zero-order chi connectivity index (χ0) is 17.5. The SMILES string of the molecule is CC(=O)N1CCC[C@@H](C(=O)NCCNc2ccc([N+](=O)[O-])cc2)C1. The van der Waals surface area contributed by atoms with Crippen LogP contribution in [0.1, 0.15) is 19.8 Å². The van der Waals surface area contributed by atoms with Crippen LogP contribution < -0.4 is 10.6 Å². The van der Waals surface area contributed by atoms with Gasteiger partial charge in [0.1, 0.15) is 0 Å². The Morgan fingerprint density at radius 3 is 2.62 bits per heavy atom. The first-order valence-electron chi connectivity index (χ1n) is 7.99. The van der Waals surface area contributed by atoms with E-state index in [4.69, 9.17) is 0 Å². The van der Waals surface area contributed by atoms with Gasteiger partial charge < -0.3 is 15.5 Å². The number of anilines is 1. The number of nitro benzene ring substituents is 1. The first kappa shape index (κ1) is 17.7. The van der Waals surface area contributed by atoms with E-state index < -0.39 is 4.92 Å². The smallest absolute Gasteiger partial charge is 0.269 e. The minimum absolute atomic E-state index is 0.00679. The molecule has 0 bridgehead atoms. The van der Waals surface area contributed by atoms with Crippen molar-refractivity contribution in [3.8, 4) is 0 Å². The van der Waals surface area contributed by atoms with Gasteiger partial charge in [0.05, 0.1) is 10.8 Å². The highest BCUT2D eigenvalue weighted by Gasteiger charge is 2.26. The number of hydrogen-bond donors (Lipinski definition) is 2. The lowest BCUT2D eigenvalue weighted by molar-refractivity contribution is -0.384. The summed E-state index contributed by atoms with van der Waals surface area (Å²) in [5.74, 6) is -0.180. The van der Waals surface area contributed by atoms with Gasteiger partial charge in [0.2, 0.25) is 11.8 Å². The predicted molar refractivity (Wildman–Crippen MR) is 89.6 cm³/mol. The summed E-state index contributed by atoms with van der Waals surface area (Å²) in [6, 6.07) is 6.12. The van der Waals surface area contributed by atoms with E-state index >= 15 is 0 Å². The van der Waals surface area contributed by atoms with Crippen LogP contribution >= 0.6 is 0 Å². The molecule has 1 atom stereocenters. The molecule has 24 heavy (non-hydrogen) atoms. The molecule has 130 valence electrons. The van der Waals surface area contributed by atoms with Crippen LogP contribution in [0.25, 0.3) is 0 Å². The number of likely N-dealkylation sites (tertiary alicyclic amines) is 1. The Labute approximate surface area is 140 Å². The summed E-state index contributed by atoms with van der Waals surface area (Å²) < 4.78 is 0. The minimum atomic E-state index is -0.446. The Bertz CT molecular complexity index is 603. The quantitative estimate of drug-likeness (QED) is 0.464. The summed E-state index contributed by atoms with van der Waals surface area (Å²) in [6.07, 6.45) is 1.64. The molecule has 0 spiro atoms. The molecule has 8 heteroatoms. The molecule has 1 saturated heterocycles. The van der Waals surface area contributed by atoms with Gasteiger partial charge in [-0.2, -0.15) is 0 Å². The molecule has 0 saturated carbocycles. The maximum Gasteiger partial charge on any atom is 0.269 e. The molecule has 2 amide bonds. The van der Waals surface area contributed by atoms with Gasteiger partial charge in [0.15, 0.2) is 0 Å². The lowest BCUT2D eigenvalue weighted by Gasteiger charge is -2.31. The van der Waals surface area contributed by atoms with Crippen molar-refractivity contribution in [2.24, 2.45) is 5.92 Å². The molecule has 1 fully saturated rings. The maximum absolute atomic E-state index is 12.1. The Balaban J connectivity index is 1.70. The molecule has 0 radical (unpaired) electrons. The van der Waals surface area contributed by atoms with Crippen LogP contribution in [0.15, 0.2) is 24.3 Å². The molecule has 2 rings (SSSR count). The van der Waals surface area contributed by atoms with Crippen molar-refractivity contribution in [2.45, 2.75) is 19.8 Å². The highest BCUT2D eigenvalue weighted by Crippen LogP contribution is 2.17. The van der Waals surface area contributed by atoms with Crippen LogP contribution in [-0.4, -0.2) is 47.8 Å². The second-order valence-corrected chi connectivity index (χ2v) is 5.83. The third kappa shape index (κ3) is 4.94. The van der Waals surface area contributed by atoms with Crippen molar-refractivity contribution in [3.05, 3.63) is 34.4 Å². The zero-order valence-corrected chi connectivity index (χ0v) is 13.7. The van der Waals surface area contributed by atoms with Gasteiger partial charge in [-0.1, -0.05) is 0 Å². The van der Waals surface area contributed by atoms with Crippen LogP contribution in [0.3, 0.4) is 0 Å². The molecule has 0 aromatic heterocycles. The number of nitrogens with one attached hydrogen (secondary N) is 2. The number of amides is 2. The molecule has 0 aliphatic carbocycles. The summed E-state index contributed by atoms with van der Waals surface area (Å²) in [7, 11) is 0. The molecule has 1 aromatic carbocycles. The third-order valence-electron chi connectivity index (χ3n) is 4.07. The second-order valence-electron chi connectivity index (χ2n) is 5.83. The number of benzene rings is 1. The number of rotatable bonds is 6. The summed E-state index contributed by atoms with van der Waals surface area (Å²) in [6.45, 7) is 3.70. The maximum atomic E-state index is 12.1. The lowest BCUT2D eigenvalue weighted by atomic mass is 9.97. The summed E-state index contributed by atoms with van der Waals surface area (Å²) in [5, 5.41) is 16.5. The number of carbonyl (C=O) groups excluding carboxylic acids is 2. The van der Waals surface area contributed by atoms with Gasteiger partial charge in [-0.3, -0.25) is 19.7 Å². The Kier molecular flexibility index (Phi) is 6.11. The van der Waals surface area contributed by atoms with E-state index in [0.29, 0.717) is 19.6 Å². The van der Waals surface area contributed by atoms with E-state index in [9.17, 15) is 19.7 Å². The number of nitrogens with zero attached hydrogens (tertiary/aromatic N) is 2. The summed E-state index contributed by atoms with van der Waals surface area (Å²) in [5.41, 5.74) is 0.802. The van der Waals surface area contributed by atoms with Crippen molar-refractivity contribution in [1.82, 2.24) is 10.2 Å². The van der Waals surface area contributed by atoms with Crippen LogP contribution in [0.5, 0.6) is 0 Å². The van der Waals surface area contributed by atoms with Crippen LogP contribution in [0.4, 0.5) is 11.4 Å². The van der Waals surface area contributed by atoms with Crippen molar-refractivity contribution >= 4 is 23.2 Å². The summed E-state index contributed by atoms with van der Waals surface area (Å²) in [4.78, 5) is 35.4.